The second kappa shape index (κ2) is 3.53. The second-order valence-corrected chi connectivity index (χ2v) is 4.43. The summed E-state index contributed by atoms with van der Waals surface area (Å²) in [5.41, 5.74) is 2.62. The quantitative estimate of drug-likeness (QED) is 0.686. The normalized spacial score (nSPS) is 24.1. The van der Waals surface area contributed by atoms with Crippen molar-refractivity contribution in [3.63, 3.8) is 0 Å². The molecule has 0 fully saturated rings. The Kier molecular flexibility index (Phi) is 2.47. The van der Waals surface area contributed by atoms with Crippen LogP contribution in [0.25, 0.3) is 0 Å². The highest BCUT2D eigenvalue weighted by atomic mass is 35.5. The van der Waals surface area contributed by atoms with Crippen LogP contribution < -0.4 is 4.74 Å². The number of hydrogen-bond acceptors (Lipinski definition) is 2. The first-order chi connectivity index (χ1) is 7.06. The summed E-state index contributed by atoms with van der Waals surface area (Å²) in [5.74, 6) is 0.797. The van der Waals surface area contributed by atoms with E-state index in [1.165, 1.54) is 0 Å². The Balaban J connectivity index is 2.60. The van der Waals surface area contributed by atoms with Crippen LogP contribution in [0.2, 0.25) is 0 Å². The van der Waals surface area contributed by atoms with Crippen LogP contribution in [0.1, 0.15) is 33.8 Å². The van der Waals surface area contributed by atoms with E-state index in [0.29, 0.717) is 0 Å². The van der Waals surface area contributed by atoms with E-state index in [9.17, 15) is 4.79 Å². The van der Waals surface area contributed by atoms with Gasteiger partial charge < -0.3 is 4.74 Å². The lowest BCUT2D eigenvalue weighted by atomic mass is 10.1. The van der Waals surface area contributed by atoms with Crippen molar-refractivity contribution in [2.24, 2.45) is 5.92 Å². The number of alkyl halides is 1. The fraction of sp³-hybridized carbons (Fsp3) is 0.417. The van der Waals surface area contributed by atoms with Gasteiger partial charge in [-0.15, -0.1) is 11.6 Å². The van der Waals surface area contributed by atoms with E-state index in [1.807, 2.05) is 26.0 Å². The number of fused-ring (bicyclic) bond motifs is 1. The molecule has 0 aromatic heterocycles. The molecule has 0 heterocycles. The van der Waals surface area contributed by atoms with Gasteiger partial charge in [0.15, 0.2) is 5.78 Å². The summed E-state index contributed by atoms with van der Waals surface area (Å²) in [4.78, 5) is 11.8. The molecule has 15 heavy (non-hydrogen) atoms. The van der Waals surface area contributed by atoms with E-state index in [2.05, 4.69) is 0 Å². The topological polar surface area (TPSA) is 26.3 Å². The molecule has 0 aliphatic heterocycles. The van der Waals surface area contributed by atoms with E-state index in [1.54, 1.807) is 7.11 Å². The number of aryl methyl sites for hydroxylation is 1. The third-order valence-electron chi connectivity index (χ3n) is 2.98. The second-order valence-electron chi connectivity index (χ2n) is 3.96. The highest BCUT2D eigenvalue weighted by Crippen LogP contribution is 2.42. The molecule has 0 N–H and O–H groups in total. The van der Waals surface area contributed by atoms with Crippen molar-refractivity contribution < 1.29 is 9.53 Å². The molecule has 0 spiro atoms. The third kappa shape index (κ3) is 1.44. The van der Waals surface area contributed by atoms with Crippen LogP contribution in [0.4, 0.5) is 0 Å². The molecule has 2 rings (SSSR count). The summed E-state index contributed by atoms with van der Waals surface area (Å²) < 4.78 is 5.22. The van der Waals surface area contributed by atoms with Crippen LogP contribution in [0.15, 0.2) is 12.1 Å². The lowest BCUT2D eigenvalue weighted by Gasteiger charge is -2.09. The molecule has 2 nitrogen and oxygen atoms in total. The minimum absolute atomic E-state index is 0.131. The summed E-state index contributed by atoms with van der Waals surface area (Å²) in [6, 6.07) is 3.75. The lowest BCUT2D eigenvalue weighted by Crippen LogP contribution is -2.04. The van der Waals surface area contributed by atoms with Gasteiger partial charge in [-0.3, -0.25) is 4.79 Å². The van der Waals surface area contributed by atoms with Gasteiger partial charge in [-0.2, -0.15) is 0 Å². The summed E-state index contributed by atoms with van der Waals surface area (Å²) in [6.07, 6.45) is 0. The largest absolute Gasteiger partial charge is 0.496 e. The van der Waals surface area contributed by atoms with Crippen molar-refractivity contribution in [2.75, 3.05) is 7.11 Å². The molecule has 1 aromatic carbocycles. The van der Waals surface area contributed by atoms with Gasteiger partial charge in [-0.1, -0.05) is 6.92 Å². The molecule has 0 saturated heterocycles. The average molecular weight is 225 g/mol. The van der Waals surface area contributed by atoms with Gasteiger partial charge in [-0.25, -0.2) is 0 Å². The number of rotatable bonds is 1. The highest BCUT2D eigenvalue weighted by molar-refractivity contribution is 6.26. The van der Waals surface area contributed by atoms with Crippen LogP contribution in [-0.4, -0.2) is 12.9 Å². The van der Waals surface area contributed by atoms with Gasteiger partial charge in [-0.05, 0) is 30.2 Å². The minimum atomic E-state index is -0.220. The minimum Gasteiger partial charge on any atom is -0.496 e. The highest BCUT2D eigenvalue weighted by Gasteiger charge is 2.36. The van der Waals surface area contributed by atoms with E-state index in [4.69, 9.17) is 16.3 Å². The number of carbonyl (C=O) groups excluding carboxylic acids is 1. The Bertz CT molecular complexity index is 426. The smallest absolute Gasteiger partial charge is 0.167 e. The average Bonchev–Trinajstić information content (AvgIpc) is 2.43. The Morgan fingerprint density at radius 3 is 2.67 bits per heavy atom. The number of benzene rings is 1. The van der Waals surface area contributed by atoms with Gasteiger partial charge in [0.05, 0.1) is 12.5 Å². The predicted molar refractivity (Wildman–Crippen MR) is 59.8 cm³/mol. The van der Waals surface area contributed by atoms with Crippen molar-refractivity contribution in [1.82, 2.24) is 0 Å². The molecule has 1 aliphatic rings. The lowest BCUT2D eigenvalue weighted by molar-refractivity contribution is 0.0944. The zero-order valence-electron chi connectivity index (χ0n) is 9.00. The van der Waals surface area contributed by atoms with E-state index in [0.717, 1.165) is 22.4 Å². The van der Waals surface area contributed by atoms with Crippen LogP contribution >= 0.6 is 11.6 Å². The first-order valence-corrected chi connectivity index (χ1v) is 5.36. The molecular formula is C12H13ClO2. The zero-order valence-corrected chi connectivity index (χ0v) is 9.76. The molecule has 80 valence electrons. The van der Waals surface area contributed by atoms with Crippen molar-refractivity contribution in [1.29, 1.82) is 0 Å². The molecule has 0 bridgehead atoms. The van der Waals surface area contributed by atoms with Crippen molar-refractivity contribution in [2.45, 2.75) is 19.2 Å². The number of Topliss-reactive ketones (excluding diaryl/α,β-unsaturated/α-hetero) is 1. The number of halogens is 1. The van der Waals surface area contributed by atoms with E-state index >= 15 is 0 Å². The molecule has 0 radical (unpaired) electrons. The van der Waals surface area contributed by atoms with E-state index < -0.39 is 0 Å². The van der Waals surface area contributed by atoms with Crippen LogP contribution in [0.3, 0.4) is 0 Å². The Hall–Kier alpha value is -1.02. The molecule has 1 aromatic rings. The van der Waals surface area contributed by atoms with Crippen LogP contribution in [0.5, 0.6) is 5.75 Å². The fourth-order valence-electron chi connectivity index (χ4n) is 2.01. The van der Waals surface area contributed by atoms with Gasteiger partial charge in [0.2, 0.25) is 0 Å². The van der Waals surface area contributed by atoms with Crippen molar-refractivity contribution >= 4 is 17.4 Å². The van der Waals surface area contributed by atoms with Crippen LogP contribution in [0, 0.1) is 12.8 Å². The molecule has 3 heteroatoms. The zero-order chi connectivity index (χ0) is 11.2. The number of ether oxygens (including phenoxy) is 1. The molecule has 0 saturated carbocycles. The van der Waals surface area contributed by atoms with Crippen molar-refractivity contribution in [3.8, 4) is 5.75 Å². The Morgan fingerprint density at radius 1 is 1.40 bits per heavy atom. The van der Waals surface area contributed by atoms with Crippen molar-refractivity contribution in [3.05, 3.63) is 28.8 Å². The Morgan fingerprint density at radius 2 is 2.07 bits per heavy atom. The number of carbonyl (C=O) groups is 1. The first kappa shape index (κ1) is 10.5. The number of methoxy groups -OCH3 is 1. The molecule has 2 unspecified atom stereocenters. The maximum atomic E-state index is 11.8. The van der Waals surface area contributed by atoms with E-state index in [-0.39, 0.29) is 17.1 Å². The molecule has 2 atom stereocenters. The standard InChI is InChI=1S/C12H13ClO2/c1-6-4-9-8(5-10(6)15-3)11(13)7(2)12(9)14/h4-5,7,11H,1-3H3. The SMILES string of the molecule is COc1cc2c(cc1C)C(=O)C(C)C2Cl. The van der Waals surface area contributed by atoms with Gasteiger partial charge in [0.25, 0.3) is 0 Å². The summed E-state index contributed by atoms with van der Waals surface area (Å²) in [7, 11) is 1.62. The van der Waals surface area contributed by atoms with Gasteiger partial charge in [0, 0.05) is 11.5 Å². The summed E-state index contributed by atoms with van der Waals surface area (Å²) in [6.45, 7) is 3.79. The monoisotopic (exact) mass is 224 g/mol. The van der Waals surface area contributed by atoms with Crippen LogP contribution in [-0.2, 0) is 0 Å². The third-order valence-corrected chi connectivity index (χ3v) is 3.60. The summed E-state index contributed by atoms with van der Waals surface area (Å²) in [5, 5.41) is -0.220. The Labute approximate surface area is 94.2 Å². The first-order valence-electron chi connectivity index (χ1n) is 4.93. The molecular weight excluding hydrogens is 212 g/mol. The van der Waals surface area contributed by atoms with Gasteiger partial charge >= 0.3 is 0 Å². The predicted octanol–water partition coefficient (Wildman–Crippen LogP) is 3.12. The fourth-order valence-corrected chi connectivity index (χ4v) is 2.31. The molecule has 1 aliphatic carbocycles. The maximum Gasteiger partial charge on any atom is 0.167 e. The summed E-state index contributed by atoms with van der Waals surface area (Å²) >= 11 is 6.19. The number of hydrogen-bond donors (Lipinski definition) is 0. The number of ketones is 1. The molecule has 0 amide bonds. The maximum absolute atomic E-state index is 11.8. The van der Waals surface area contributed by atoms with Gasteiger partial charge in [0.1, 0.15) is 5.75 Å².